The minimum absolute atomic E-state index is 0.303. The molecule has 0 aromatic rings. The minimum Gasteiger partial charge on any atom is -0.479 e. The third-order valence-electron chi connectivity index (χ3n) is 2.75. The van der Waals surface area contributed by atoms with Crippen molar-refractivity contribution in [3.05, 3.63) is 0 Å². The van der Waals surface area contributed by atoms with Gasteiger partial charge >= 0.3 is 5.97 Å². The normalized spacial score (nSPS) is 14.7. The van der Waals surface area contributed by atoms with Crippen LogP contribution < -0.4 is 5.73 Å². The zero-order valence-electron chi connectivity index (χ0n) is 10.5. The first kappa shape index (κ1) is 15.4. The Morgan fingerprint density at radius 2 is 1.94 bits per heavy atom. The molecule has 16 heavy (non-hydrogen) atoms. The highest BCUT2D eigenvalue weighted by Gasteiger charge is 2.33. The molecule has 0 rings (SSSR count). The van der Waals surface area contributed by atoms with Gasteiger partial charge in [0.1, 0.15) is 0 Å². The van der Waals surface area contributed by atoms with E-state index in [0.29, 0.717) is 19.6 Å². The molecule has 4 nitrogen and oxygen atoms in total. The topological polar surface area (TPSA) is 72.5 Å². The number of hydrogen-bond acceptors (Lipinski definition) is 3. The van der Waals surface area contributed by atoms with Gasteiger partial charge in [0.15, 0.2) is 5.60 Å². The van der Waals surface area contributed by atoms with Gasteiger partial charge in [-0.1, -0.05) is 32.6 Å². The predicted molar refractivity (Wildman–Crippen MR) is 64.4 cm³/mol. The first-order valence-corrected chi connectivity index (χ1v) is 6.14. The standard InChI is InChI=1S/C12H25NO3/c1-3-4-5-6-7-8-12(2,11(14)15)16-10-9-13/h3-10,13H2,1-2H3,(H,14,15). The monoisotopic (exact) mass is 231 g/mol. The highest BCUT2D eigenvalue weighted by atomic mass is 16.5. The second-order valence-corrected chi connectivity index (χ2v) is 4.34. The first-order chi connectivity index (χ1) is 7.56. The van der Waals surface area contributed by atoms with Crippen LogP contribution in [0.25, 0.3) is 0 Å². The van der Waals surface area contributed by atoms with Crippen LogP contribution in [-0.4, -0.2) is 29.8 Å². The molecule has 0 aliphatic heterocycles. The third-order valence-corrected chi connectivity index (χ3v) is 2.75. The maximum Gasteiger partial charge on any atom is 0.335 e. The van der Waals surface area contributed by atoms with Gasteiger partial charge < -0.3 is 15.6 Å². The molecular formula is C12H25NO3. The van der Waals surface area contributed by atoms with Crippen molar-refractivity contribution in [3.63, 3.8) is 0 Å². The van der Waals surface area contributed by atoms with E-state index in [1.165, 1.54) is 19.3 Å². The van der Waals surface area contributed by atoms with Crippen LogP contribution >= 0.6 is 0 Å². The van der Waals surface area contributed by atoms with Crippen LogP contribution in [0.5, 0.6) is 0 Å². The fourth-order valence-corrected chi connectivity index (χ4v) is 1.59. The van der Waals surface area contributed by atoms with Gasteiger partial charge in [0.25, 0.3) is 0 Å². The summed E-state index contributed by atoms with van der Waals surface area (Å²) in [5, 5.41) is 9.10. The molecule has 0 aliphatic rings. The number of unbranched alkanes of at least 4 members (excludes halogenated alkanes) is 4. The van der Waals surface area contributed by atoms with Gasteiger partial charge in [-0.2, -0.15) is 0 Å². The Morgan fingerprint density at radius 1 is 1.31 bits per heavy atom. The lowest BCUT2D eigenvalue weighted by Gasteiger charge is -2.25. The summed E-state index contributed by atoms with van der Waals surface area (Å²) in [6.45, 7) is 4.45. The highest BCUT2D eigenvalue weighted by molar-refractivity contribution is 5.76. The summed E-state index contributed by atoms with van der Waals surface area (Å²) in [5.41, 5.74) is 4.25. The summed E-state index contributed by atoms with van der Waals surface area (Å²) in [6.07, 6.45) is 6.11. The highest BCUT2D eigenvalue weighted by Crippen LogP contribution is 2.20. The van der Waals surface area contributed by atoms with Gasteiger partial charge in [0.2, 0.25) is 0 Å². The number of carbonyl (C=O) groups is 1. The zero-order valence-corrected chi connectivity index (χ0v) is 10.5. The molecule has 0 aromatic heterocycles. The second kappa shape index (κ2) is 8.53. The number of hydrogen-bond donors (Lipinski definition) is 2. The molecule has 0 radical (unpaired) electrons. The van der Waals surface area contributed by atoms with E-state index in [9.17, 15) is 4.79 Å². The molecule has 0 bridgehead atoms. The quantitative estimate of drug-likeness (QED) is 0.565. The average molecular weight is 231 g/mol. The number of ether oxygens (including phenoxy) is 1. The molecule has 0 saturated heterocycles. The number of aliphatic carboxylic acids is 1. The van der Waals surface area contributed by atoms with Gasteiger partial charge in [-0.3, -0.25) is 0 Å². The molecule has 3 N–H and O–H groups in total. The van der Waals surface area contributed by atoms with E-state index in [1.807, 2.05) is 0 Å². The van der Waals surface area contributed by atoms with Crippen LogP contribution in [0, 0.1) is 0 Å². The third kappa shape index (κ3) is 6.08. The SMILES string of the molecule is CCCCCCCC(C)(OCCN)C(=O)O. The van der Waals surface area contributed by atoms with Crippen LogP contribution in [-0.2, 0) is 9.53 Å². The molecule has 0 aliphatic carbocycles. The van der Waals surface area contributed by atoms with Crippen molar-refractivity contribution in [1.29, 1.82) is 0 Å². The Hall–Kier alpha value is -0.610. The van der Waals surface area contributed by atoms with Crippen LogP contribution in [0.3, 0.4) is 0 Å². The number of nitrogens with two attached hydrogens (primary N) is 1. The smallest absolute Gasteiger partial charge is 0.335 e. The predicted octanol–water partition coefficient (Wildman–Crippen LogP) is 2.17. The Labute approximate surface area is 98.2 Å². The molecule has 96 valence electrons. The van der Waals surface area contributed by atoms with Crippen molar-refractivity contribution in [2.45, 2.75) is 58.0 Å². The molecule has 0 amide bonds. The fourth-order valence-electron chi connectivity index (χ4n) is 1.59. The summed E-state index contributed by atoms with van der Waals surface area (Å²) >= 11 is 0. The Kier molecular flexibility index (Phi) is 8.21. The number of carboxylic acids is 1. The Bertz CT molecular complexity index is 197. The van der Waals surface area contributed by atoms with Gasteiger partial charge in [-0.25, -0.2) is 4.79 Å². The number of rotatable bonds is 10. The maximum atomic E-state index is 11.1. The van der Waals surface area contributed by atoms with Crippen molar-refractivity contribution >= 4 is 5.97 Å². The zero-order chi connectivity index (χ0) is 12.4. The van der Waals surface area contributed by atoms with Crippen molar-refractivity contribution in [2.75, 3.05) is 13.2 Å². The molecule has 0 heterocycles. The van der Waals surface area contributed by atoms with E-state index in [1.54, 1.807) is 6.92 Å². The van der Waals surface area contributed by atoms with Crippen LogP contribution in [0.1, 0.15) is 52.4 Å². The van der Waals surface area contributed by atoms with E-state index in [0.717, 1.165) is 12.8 Å². The van der Waals surface area contributed by atoms with Crippen LogP contribution in [0.4, 0.5) is 0 Å². The Balaban J connectivity index is 3.88. The molecular weight excluding hydrogens is 206 g/mol. The summed E-state index contributed by atoms with van der Waals surface area (Å²) in [4.78, 5) is 11.1. The van der Waals surface area contributed by atoms with Gasteiger partial charge in [0.05, 0.1) is 6.61 Å². The summed E-state index contributed by atoms with van der Waals surface area (Å²) in [6, 6.07) is 0. The van der Waals surface area contributed by atoms with E-state index in [4.69, 9.17) is 15.6 Å². The van der Waals surface area contributed by atoms with E-state index < -0.39 is 11.6 Å². The van der Waals surface area contributed by atoms with E-state index in [2.05, 4.69) is 6.92 Å². The fraction of sp³-hybridized carbons (Fsp3) is 0.917. The maximum absolute atomic E-state index is 11.1. The molecule has 4 heteroatoms. The minimum atomic E-state index is -1.06. The molecule has 1 atom stereocenters. The summed E-state index contributed by atoms with van der Waals surface area (Å²) in [7, 11) is 0. The molecule has 0 fully saturated rings. The lowest BCUT2D eigenvalue weighted by molar-refractivity contribution is -0.164. The number of carboxylic acid groups (broad SMARTS) is 1. The lowest BCUT2D eigenvalue weighted by atomic mass is 9.97. The van der Waals surface area contributed by atoms with E-state index in [-0.39, 0.29) is 0 Å². The molecule has 0 aromatic carbocycles. The van der Waals surface area contributed by atoms with Gasteiger partial charge in [-0.05, 0) is 19.8 Å². The van der Waals surface area contributed by atoms with Crippen molar-refractivity contribution in [1.82, 2.24) is 0 Å². The largest absolute Gasteiger partial charge is 0.479 e. The lowest BCUT2D eigenvalue weighted by Crippen LogP contribution is -2.39. The molecule has 0 saturated carbocycles. The molecule has 0 spiro atoms. The van der Waals surface area contributed by atoms with Crippen LogP contribution in [0.15, 0.2) is 0 Å². The van der Waals surface area contributed by atoms with Gasteiger partial charge in [0, 0.05) is 6.54 Å². The second-order valence-electron chi connectivity index (χ2n) is 4.34. The average Bonchev–Trinajstić information content (AvgIpc) is 2.26. The van der Waals surface area contributed by atoms with Crippen molar-refractivity contribution in [3.8, 4) is 0 Å². The van der Waals surface area contributed by atoms with Gasteiger partial charge in [-0.15, -0.1) is 0 Å². The molecule has 1 unspecified atom stereocenters. The van der Waals surface area contributed by atoms with E-state index >= 15 is 0 Å². The van der Waals surface area contributed by atoms with Crippen molar-refractivity contribution in [2.24, 2.45) is 5.73 Å². The van der Waals surface area contributed by atoms with Crippen molar-refractivity contribution < 1.29 is 14.6 Å². The first-order valence-electron chi connectivity index (χ1n) is 6.14. The Morgan fingerprint density at radius 3 is 2.44 bits per heavy atom. The summed E-state index contributed by atoms with van der Waals surface area (Å²) in [5.74, 6) is -0.892. The summed E-state index contributed by atoms with van der Waals surface area (Å²) < 4.78 is 5.32. The van der Waals surface area contributed by atoms with Crippen LogP contribution in [0.2, 0.25) is 0 Å².